The SMILES string of the molecule is CCNC(=NCc1cccc(N2CC=CC2)c1)NCC1(CCO)CCOC1. The van der Waals surface area contributed by atoms with Crippen LogP contribution in [0.3, 0.4) is 0 Å². The van der Waals surface area contributed by atoms with E-state index >= 15 is 0 Å². The zero-order valence-corrected chi connectivity index (χ0v) is 16.3. The first-order valence-electron chi connectivity index (χ1n) is 9.94. The largest absolute Gasteiger partial charge is 0.396 e. The van der Waals surface area contributed by atoms with Crippen molar-refractivity contribution < 1.29 is 9.84 Å². The summed E-state index contributed by atoms with van der Waals surface area (Å²) >= 11 is 0. The molecule has 2 aliphatic rings. The summed E-state index contributed by atoms with van der Waals surface area (Å²) in [5.74, 6) is 0.815. The molecule has 3 rings (SSSR count). The lowest BCUT2D eigenvalue weighted by atomic mass is 9.84. The summed E-state index contributed by atoms with van der Waals surface area (Å²) in [6.45, 7) is 7.90. The molecule has 6 heteroatoms. The fraction of sp³-hybridized carbons (Fsp3) is 0.571. The van der Waals surface area contributed by atoms with Gasteiger partial charge in [-0.2, -0.15) is 0 Å². The van der Waals surface area contributed by atoms with Crippen LogP contribution in [-0.4, -0.2) is 57.1 Å². The molecule has 1 fully saturated rings. The second-order valence-corrected chi connectivity index (χ2v) is 7.37. The van der Waals surface area contributed by atoms with Gasteiger partial charge in [-0.25, -0.2) is 4.99 Å². The molecule has 0 bridgehead atoms. The lowest BCUT2D eigenvalue weighted by Gasteiger charge is -2.27. The molecule has 6 nitrogen and oxygen atoms in total. The summed E-state index contributed by atoms with van der Waals surface area (Å²) in [5, 5.41) is 16.2. The monoisotopic (exact) mass is 372 g/mol. The number of ether oxygens (including phenoxy) is 1. The van der Waals surface area contributed by atoms with E-state index in [2.05, 4.69) is 58.9 Å². The molecule has 1 atom stereocenters. The molecule has 0 radical (unpaired) electrons. The van der Waals surface area contributed by atoms with Gasteiger partial charge in [0.2, 0.25) is 0 Å². The molecular weight excluding hydrogens is 340 g/mol. The number of hydrogen-bond acceptors (Lipinski definition) is 4. The van der Waals surface area contributed by atoms with Crippen LogP contribution in [0.4, 0.5) is 5.69 Å². The van der Waals surface area contributed by atoms with Crippen molar-refractivity contribution in [3.63, 3.8) is 0 Å². The number of anilines is 1. The minimum atomic E-state index is 0.00755. The van der Waals surface area contributed by atoms with Gasteiger partial charge in [-0.05, 0) is 37.5 Å². The van der Waals surface area contributed by atoms with Gasteiger partial charge in [0.1, 0.15) is 0 Å². The van der Waals surface area contributed by atoms with Crippen molar-refractivity contribution in [2.45, 2.75) is 26.3 Å². The Kier molecular flexibility index (Phi) is 7.12. The lowest BCUT2D eigenvalue weighted by molar-refractivity contribution is 0.127. The molecule has 2 aliphatic heterocycles. The highest BCUT2D eigenvalue weighted by Gasteiger charge is 2.34. The molecule has 0 aromatic heterocycles. The number of hydrogen-bond donors (Lipinski definition) is 3. The van der Waals surface area contributed by atoms with Gasteiger partial charge in [-0.3, -0.25) is 0 Å². The minimum absolute atomic E-state index is 0.00755. The number of aliphatic hydroxyl groups excluding tert-OH is 1. The van der Waals surface area contributed by atoms with Crippen molar-refractivity contribution in [2.75, 3.05) is 50.9 Å². The Morgan fingerprint density at radius 1 is 1.30 bits per heavy atom. The van der Waals surface area contributed by atoms with E-state index in [0.717, 1.165) is 51.6 Å². The summed E-state index contributed by atoms with van der Waals surface area (Å²) in [6, 6.07) is 8.60. The number of aliphatic hydroxyl groups is 1. The predicted octanol–water partition coefficient (Wildman–Crippen LogP) is 1.91. The summed E-state index contributed by atoms with van der Waals surface area (Å²) in [5.41, 5.74) is 2.45. The first kappa shape index (κ1) is 19.7. The standard InChI is InChI=1S/C21H32N4O2/c1-2-22-20(24-16-21(8-12-26)9-13-27-17-21)23-15-18-6-5-7-19(14-18)25-10-3-4-11-25/h3-7,14,26H,2,8-13,15-17H2,1H3,(H2,22,23,24). The van der Waals surface area contributed by atoms with E-state index in [1.165, 1.54) is 11.3 Å². The maximum absolute atomic E-state index is 9.39. The van der Waals surface area contributed by atoms with Crippen molar-refractivity contribution in [1.29, 1.82) is 0 Å². The predicted molar refractivity (Wildman–Crippen MR) is 110 cm³/mol. The first-order chi connectivity index (χ1) is 13.2. The van der Waals surface area contributed by atoms with Gasteiger partial charge in [0.25, 0.3) is 0 Å². The Bertz CT molecular complexity index is 645. The number of benzene rings is 1. The second kappa shape index (κ2) is 9.76. The van der Waals surface area contributed by atoms with Crippen LogP contribution in [0.15, 0.2) is 41.4 Å². The fourth-order valence-electron chi connectivity index (χ4n) is 3.64. The van der Waals surface area contributed by atoms with Crippen molar-refractivity contribution in [2.24, 2.45) is 10.4 Å². The zero-order chi connectivity index (χ0) is 19.0. The highest BCUT2D eigenvalue weighted by molar-refractivity contribution is 5.79. The van der Waals surface area contributed by atoms with Crippen LogP contribution in [0.1, 0.15) is 25.3 Å². The molecule has 1 aromatic rings. The molecule has 1 saturated heterocycles. The van der Waals surface area contributed by atoms with E-state index in [9.17, 15) is 5.11 Å². The topological polar surface area (TPSA) is 69.1 Å². The quantitative estimate of drug-likeness (QED) is 0.369. The highest BCUT2D eigenvalue weighted by Crippen LogP contribution is 2.31. The zero-order valence-electron chi connectivity index (χ0n) is 16.3. The Morgan fingerprint density at radius 3 is 2.85 bits per heavy atom. The van der Waals surface area contributed by atoms with Crippen LogP contribution in [0.25, 0.3) is 0 Å². The van der Waals surface area contributed by atoms with E-state index in [-0.39, 0.29) is 12.0 Å². The molecule has 0 aliphatic carbocycles. The molecule has 0 saturated carbocycles. The maximum atomic E-state index is 9.39. The summed E-state index contributed by atoms with van der Waals surface area (Å²) in [4.78, 5) is 7.10. The number of rotatable bonds is 8. The van der Waals surface area contributed by atoms with Crippen LogP contribution in [0, 0.1) is 5.41 Å². The number of nitrogens with zero attached hydrogens (tertiary/aromatic N) is 2. The van der Waals surface area contributed by atoms with Crippen molar-refractivity contribution >= 4 is 11.6 Å². The number of aliphatic imine (C=N–C) groups is 1. The third kappa shape index (κ3) is 5.47. The van der Waals surface area contributed by atoms with Gasteiger partial charge in [0, 0.05) is 50.5 Å². The third-order valence-electron chi connectivity index (χ3n) is 5.32. The highest BCUT2D eigenvalue weighted by atomic mass is 16.5. The molecule has 1 aromatic carbocycles. The minimum Gasteiger partial charge on any atom is -0.396 e. The molecular formula is C21H32N4O2. The van der Waals surface area contributed by atoms with Gasteiger partial charge in [-0.15, -0.1) is 0 Å². The molecule has 148 valence electrons. The molecule has 1 unspecified atom stereocenters. The molecule has 3 N–H and O–H groups in total. The lowest BCUT2D eigenvalue weighted by Crippen LogP contribution is -2.44. The number of nitrogens with one attached hydrogen (secondary N) is 2. The molecule has 0 spiro atoms. The van der Waals surface area contributed by atoms with Crippen LogP contribution < -0.4 is 15.5 Å². The first-order valence-corrected chi connectivity index (χ1v) is 9.94. The Balaban J connectivity index is 1.60. The molecule has 2 heterocycles. The normalized spacial score (nSPS) is 22.4. The van der Waals surface area contributed by atoms with E-state index in [1.54, 1.807) is 0 Å². The van der Waals surface area contributed by atoms with Gasteiger partial charge < -0.3 is 25.4 Å². The van der Waals surface area contributed by atoms with E-state index in [4.69, 9.17) is 9.73 Å². The van der Waals surface area contributed by atoms with E-state index < -0.39 is 0 Å². The van der Waals surface area contributed by atoms with Gasteiger partial charge in [-0.1, -0.05) is 24.3 Å². The Hall–Kier alpha value is -2.05. The van der Waals surface area contributed by atoms with Gasteiger partial charge in [0.15, 0.2) is 5.96 Å². The number of guanidine groups is 1. The van der Waals surface area contributed by atoms with E-state index in [0.29, 0.717) is 13.2 Å². The molecule has 0 amide bonds. The maximum Gasteiger partial charge on any atom is 0.191 e. The average molecular weight is 373 g/mol. The Morgan fingerprint density at radius 2 is 2.15 bits per heavy atom. The van der Waals surface area contributed by atoms with Crippen LogP contribution in [0.2, 0.25) is 0 Å². The smallest absolute Gasteiger partial charge is 0.191 e. The Labute approximate surface area is 162 Å². The molecule has 27 heavy (non-hydrogen) atoms. The third-order valence-corrected chi connectivity index (χ3v) is 5.32. The van der Waals surface area contributed by atoms with Crippen LogP contribution in [-0.2, 0) is 11.3 Å². The van der Waals surface area contributed by atoms with Crippen molar-refractivity contribution in [3.05, 3.63) is 42.0 Å². The summed E-state index contributed by atoms with van der Waals surface area (Å²) < 4.78 is 5.58. The average Bonchev–Trinajstić information content (AvgIpc) is 3.37. The second-order valence-electron chi connectivity index (χ2n) is 7.37. The summed E-state index contributed by atoms with van der Waals surface area (Å²) in [7, 11) is 0. The fourth-order valence-corrected chi connectivity index (χ4v) is 3.64. The van der Waals surface area contributed by atoms with Gasteiger partial charge >= 0.3 is 0 Å². The van der Waals surface area contributed by atoms with Crippen LogP contribution in [0.5, 0.6) is 0 Å². The van der Waals surface area contributed by atoms with Crippen molar-refractivity contribution in [3.8, 4) is 0 Å². The van der Waals surface area contributed by atoms with E-state index in [1.807, 2.05) is 0 Å². The van der Waals surface area contributed by atoms with Gasteiger partial charge in [0.05, 0.1) is 13.2 Å². The summed E-state index contributed by atoms with van der Waals surface area (Å²) in [6.07, 6.45) is 6.14. The van der Waals surface area contributed by atoms with Crippen LogP contribution >= 0.6 is 0 Å². The van der Waals surface area contributed by atoms with Crippen molar-refractivity contribution in [1.82, 2.24) is 10.6 Å².